The van der Waals surface area contributed by atoms with Crippen molar-refractivity contribution in [3.8, 4) is 0 Å². The zero-order valence-corrected chi connectivity index (χ0v) is 23.8. The van der Waals surface area contributed by atoms with E-state index >= 15 is 0 Å². The highest BCUT2D eigenvalue weighted by Gasteiger charge is 2.34. The van der Waals surface area contributed by atoms with Crippen molar-refractivity contribution in [2.45, 2.75) is 50.7 Å². The molecule has 0 spiro atoms. The zero-order valence-electron chi connectivity index (χ0n) is 21.5. The summed E-state index contributed by atoms with van der Waals surface area (Å²) in [6, 6.07) is 20.4. The van der Waals surface area contributed by atoms with Crippen molar-refractivity contribution < 1.29 is 18.0 Å². The second kappa shape index (κ2) is 13.1. The first-order valence-corrected chi connectivity index (χ1v) is 14.4. The fourth-order valence-corrected chi connectivity index (χ4v) is 5.95. The lowest BCUT2D eigenvalue weighted by Gasteiger charge is -2.33. The first-order chi connectivity index (χ1) is 18.0. The Bertz CT molecular complexity index is 1330. The molecule has 0 bridgehead atoms. The van der Waals surface area contributed by atoms with Gasteiger partial charge in [0.15, 0.2) is 0 Å². The van der Waals surface area contributed by atoms with Gasteiger partial charge < -0.3 is 10.2 Å². The van der Waals surface area contributed by atoms with Gasteiger partial charge in [0.25, 0.3) is 10.0 Å². The molecule has 0 saturated heterocycles. The predicted molar refractivity (Wildman–Crippen MR) is 152 cm³/mol. The molecule has 202 valence electrons. The largest absolute Gasteiger partial charge is 0.352 e. The van der Waals surface area contributed by atoms with Crippen LogP contribution in [0.15, 0.2) is 83.8 Å². The van der Waals surface area contributed by atoms with Gasteiger partial charge in [-0.1, -0.05) is 78.7 Å². The van der Waals surface area contributed by atoms with E-state index in [-0.39, 0.29) is 39.1 Å². The summed E-state index contributed by atoms with van der Waals surface area (Å²) >= 11 is 12.4. The molecule has 0 fully saturated rings. The molecule has 0 radical (unpaired) electrons. The van der Waals surface area contributed by atoms with Crippen molar-refractivity contribution in [2.75, 3.05) is 10.8 Å². The lowest BCUT2D eigenvalue weighted by molar-refractivity contribution is -0.140. The summed E-state index contributed by atoms with van der Waals surface area (Å²) in [6.07, 6.45) is 0.339. The van der Waals surface area contributed by atoms with E-state index in [2.05, 4.69) is 5.32 Å². The number of carbonyl (C=O) groups is 2. The van der Waals surface area contributed by atoms with Crippen LogP contribution in [0, 0.1) is 0 Å². The van der Waals surface area contributed by atoms with Gasteiger partial charge in [0.2, 0.25) is 11.8 Å². The monoisotopic (exact) mass is 575 g/mol. The molecule has 3 aromatic rings. The molecule has 1 N–H and O–H groups in total. The number of benzene rings is 3. The summed E-state index contributed by atoms with van der Waals surface area (Å²) in [5, 5.41) is 3.31. The van der Waals surface area contributed by atoms with Gasteiger partial charge in [-0.15, -0.1) is 0 Å². The van der Waals surface area contributed by atoms with E-state index in [4.69, 9.17) is 23.2 Å². The Labute approximate surface area is 234 Å². The van der Waals surface area contributed by atoms with Gasteiger partial charge in [-0.3, -0.25) is 13.9 Å². The van der Waals surface area contributed by atoms with Crippen LogP contribution in [-0.2, 0) is 26.2 Å². The summed E-state index contributed by atoms with van der Waals surface area (Å²) in [4.78, 5) is 28.5. The molecule has 0 aliphatic carbocycles. The van der Waals surface area contributed by atoms with Crippen LogP contribution in [0.3, 0.4) is 0 Å². The van der Waals surface area contributed by atoms with E-state index in [0.29, 0.717) is 6.42 Å². The van der Waals surface area contributed by atoms with Crippen molar-refractivity contribution in [1.29, 1.82) is 0 Å². The molecule has 3 aromatic carbocycles. The lowest BCUT2D eigenvalue weighted by atomic mass is 10.1. The molecule has 1 atom stereocenters. The van der Waals surface area contributed by atoms with Gasteiger partial charge in [-0.25, -0.2) is 8.42 Å². The second-order valence-electron chi connectivity index (χ2n) is 9.05. The molecule has 1 unspecified atom stereocenters. The summed E-state index contributed by atoms with van der Waals surface area (Å²) in [5.41, 5.74) is 0.943. The van der Waals surface area contributed by atoms with Gasteiger partial charge in [0.1, 0.15) is 12.6 Å². The standard InChI is InChI=1S/C28H31Cl2N3O4S/c1-4-26(28(35)31-20(2)3)32(18-21-11-7-5-8-12-21)27(34)19-33(24-16-22(29)15-23(30)17-24)38(36,37)25-13-9-6-10-14-25/h5-17,20,26H,4,18-19H2,1-3H3,(H,31,35). The number of rotatable bonds is 11. The van der Waals surface area contributed by atoms with Gasteiger partial charge in [0, 0.05) is 22.6 Å². The van der Waals surface area contributed by atoms with Crippen molar-refractivity contribution in [2.24, 2.45) is 0 Å². The molecule has 0 aliphatic heterocycles. The van der Waals surface area contributed by atoms with Crippen molar-refractivity contribution in [1.82, 2.24) is 10.2 Å². The molecule has 2 amide bonds. The first kappa shape index (κ1) is 29.5. The SMILES string of the molecule is CCC(C(=O)NC(C)C)N(Cc1ccccc1)C(=O)CN(c1cc(Cl)cc(Cl)c1)S(=O)(=O)c1ccccc1. The van der Waals surface area contributed by atoms with Crippen LogP contribution < -0.4 is 9.62 Å². The molecule has 3 rings (SSSR count). The zero-order chi connectivity index (χ0) is 27.9. The van der Waals surface area contributed by atoms with Gasteiger partial charge in [-0.05, 0) is 56.2 Å². The van der Waals surface area contributed by atoms with E-state index in [9.17, 15) is 18.0 Å². The molecule has 0 saturated carbocycles. The number of sulfonamides is 1. The third-order valence-electron chi connectivity index (χ3n) is 5.76. The Morgan fingerprint density at radius 3 is 1.97 bits per heavy atom. The number of nitrogens with one attached hydrogen (secondary N) is 1. The van der Waals surface area contributed by atoms with E-state index in [1.807, 2.05) is 51.1 Å². The smallest absolute Gasteiger partial charge is 0.264 e. The summed E-state index contributed by atoms with van der Waals surface area (Å²) < 4.78 is 28.5. The predicted octanol–water partition coefficient (Wildman–Crippen LogP) is 5.52. The van der Waals surface area contributed by atoms with Gasteiger partial charge >= 0.3 is 0 Å². The highest BCUT2D eigenvalue weighted by atomic mass is 35.5. The van der Waals surface area contributed by atoms with Crippen LogP contribution in [0.2, 0.25) is 10.0 Å². The number of hydrogen-bond donors (Lipinski definition) is 1. The van der Waals surface area contributed by atoms with Crippen molar-refractivity contribution in [3.63, 3.8) is 0 Å². The summed E-state index contributed by atoms with van der Waals surface area (Å²) in [7, 11) is -4.19. The van der Waals surface area contributed by atoms with Crippen molar-refractivity contribution in [3.05, 3.63) is 94.5 Å². The molecule has 0 heterocycles. The average molecular weight is 577 g/mol. The van der Waals surface area contributed by atoms with E-state index in [0.717, 1.165) is 9.87 Å². The summed E-state index contributed by atoms with van der Waals surface area (Å²) in [6.45, 7) is 5.05. The van der Waals surface area contributed by atoms with Crippen LogP contribution in [0.1, 0.15) is 32.8 Å². The third kappa shape index (κ3) is 7.49. The molecule has 7 nitrogen and oxygen atoms in total. The maximum atomic E-state index is 13.9. The van der Waals surface area contributed by atoms with Gasteiger partial charge in [-0.2, -0.15) is 0 Å². The number of nitrogens with zero attached hydrogens (tertiary/aromatic N) is 2. The van der Waals surface area contributed by atoms with Crippen LogP contribution in [0.4, 0.5) is 5.69 Å². The maximum absolute atomic E-state index is 13.9. The Kier molecular flexibility index (Phi) is 10.2. The van der Waals surface area contributed by atoms with Gasteiger partial charge in [0.05, 0.1) is 10.6 Å². The second-order valence-corrected chi connectivity index (χ2v) is 11.8. The highest BCUT2D eigenvalue weighted by Crippen LogP contribution is 2.30. The normalized spacial score (nSPS) is 12.2. The van der Waals surface area contributed by atoms with Crippen LogP contribution in [-0.4, -0.2) is 43.8 Å². The topological polar surface area (TPSA) is 86.8 Å². The average Bonchev–Trinajstić information content (AvgIpc) is 2.87. The Balaban J connectivity index is 2.07. The van der Waals surface area contributed by atoms with Crippen molar-refractivity contribution >= 4 is 50.7 Å². The maximum Gasteiger partial charge on any atom is 0.264 e. The highest BCUT2D eigenvalue weighted by molar-refractivity contribution is 7.92. The number of halogens is 2. The molecule has 38 heavy (non-hydrogen) atoms. The Morgan fingerprint density at radius 1 is 0.895 bits per heavy atom. The van der Waals surface area contributed by atoms with E-state index in [1.165, 1.54) is 35.2 Å². The molecular weight excluding hydrogens is 545 g/mol. The number of anilines is 1. The third-order valence-corrected chi connectivity index (χ3v) is 7.98. The molecule has 10 heteroatoms. The molecular formula is C28H31Cl2N3O4S. The van der Waals surface area contributed by atoms with Crippen LogP contribution >= 0.6 is 23.2 Å². The minimum atomic E-state index is -4.19. The number of hydrogen-bond acceptors (Lipinski definition) is 4. The first-order valence-electron chi connectivity index (χ1n) is 12.2. The Hall–Kier alpha value is -3.07. The Morgan fingerprint density at radius 2 is 1.45 bits per heavy atom. The van der Waals surface area contributed by atoms with E-state index in [1.54, 1.807) is 18.2 Å². The quantitative estimate of drug-likeness (QED) is 0.326. The summed E-state index contributed by atoms with van der Waals surface area (Å²) in [5.74, 6) is -0.856. The fourth-order valence-electron chi connectivity index (χ4n) is 4.01. The van der Waals surface area contributed by atoms with Crippen LogP contribution in [0.25, 0.3) is 0 Å². The van der Waals surface area contributed by atoms with Crippen LogP contribution in [0.5, 0.6) is 0 Å². The molecule has 0 aromatic heterocycles. The minimum absolute atomic E-state index is 0.00287. The lowest BCUT2D eigenvalue weighted by Crippen LogP contribution is -2.53. The van der Waals surface area contributed by atoms with E-state index < -0.39 is 28.5 Å². The number of carbonyl (C=O) groups excluding carboxylic acids is 2. The minimum Gasteiger partial charge on any atom is -0.352 e. The fraction of sp³-hybridized carbons (Fsp3) is 0.286. The number of amides is 2. The molecule has 0 aliphatic rings.